The first-order valence-corrected chi connectivity index (χ1v) is 5.52. The highest BCUT2D eigenvalue weighted by atomic mass is 16.5. The second-order valence-electron chi connectivity index (χ2n) is 4.12. The largest absolute Gasteiger partial charge is 0.481 e. The van der Waals surface area contributed by atoms with Crippen LogP contribution in [0.25, 0.3) is 0 Å². The first kappa shape index (κ1) is 11.6. The van der Waals surface area contributed by atoms with E-state index in [1.807, 2.05) is 4.90 Å². The number of aliphatic carboxylic acids is 1. The molecule has 1 unspecified atom stereocenters. The molecule has 0 aromatic carbocycles. The average molecular weight is 237 g/mol. The third kappa shape index (κ3) is 2.83. The fourth-order valence-electron chi connectivity index (χ4n) is 2.04. The van der Waals surface area contributed by atoms with Crippen molar-refractivity contribution in [2.45, 2.75) is 12.8 Å². The first-order chi connectivity index (χ1) is 8.19. The lowest BCUT2D eigenvalue weighted by Gasteiger charge is -2.16. The number of rotatable bonds is 4. The van der Waals surface area contributed by atoms with Gasteiger partial charge in [-0.25, -0.2) is 0 Å². The molecule has 1 aliphatic rings. The lowest BCUT2D eigenvalue weighted by Crippen LogP contribution is -2.21. The summed E-state index contributed by atoms with van der Waals surface area (Å²) in [7, 11) is 1.55. The van der Waals surface area contributed by atoms with E-state index in [2.05, 4.69) is 9.97 Å². The van der Waals surface area contributed by atoms with Gasteiger partial charge in [0, 0.05) is 19.5 Å². The Morgan fingerprint density at radius 3 is 3.18 bits per heavy atom. The van der Waals surface area contributed by atoms with Crippen LogP contribution in [0.2, 0.25) is 0 Å². The molecule has 1 aromatic heterocycles. The zero-order valence-electron chi connectivity index (χ0n) is 9.67. The lowest BCUT2D eigenvalue weighted by atomic mass is 10.1. The monoisotopic (exact) mass is 237 g/mol. The zero-order valence-corrected chi connectivity index (χ0v) is 9.67. The van der Waals surface area contributed by atoms with Gasteiger partial charge in [0.25, 0.3) is 0 Å². The van der Waals surface area contributed by atoms with Gasteiger partial charge in [0.15, 0.2) is 5.82 Å². The predicted octanol–water partition coefficient (Wildman–Crippen LogP) is 0.786. The number of hydrogen-bond donors (Lipinski definition) is 1. The Hall–Kier alpha value is -1.85. The van der Waals surface area contributed by atoms with Crippen LogP contribution in [0.3, 0.4) is 0 Å². The molecule has 0 bridgehead atoms. The van der Waals surface area contributed by atoms with Crippen LogP contribution < -0.4 is 9.64 Å². The Morgan fingerprint density at radius 2 is 2.47 bits per heavy atom. The number of carboxylic acid groups (broad SMARTS) is 1. The van der Waals surface area contributed by atoms with Gasteiger partial charge >= 0.3 is 5.97 Å². The van der Waals surface area contributed by atoms with E-state index in [0.29, 0.717) is 12.4 Å². The number of ether oxygens (including phenoxy) is 1. The van der Waals surface area contributed by atoms with Gasteiger partial charge in [0.1, 0.15) is 0 Å². The van der Waals surface area contributed by atoms with E-state index >= 15 is 0 Å². The Bertz CT molecular complexity index is 411. The van der Waals surface area contributed by atoms with Crippen molar-refractivity contribution in [3.05, 3.63) is 12.4 Å². The van der Waals surface area contributed by atoms with E-state index in [0.717, 1.165) is 18.8 Å². The van der Waals surface area contributed by atoms with Crippen LogP contribution in [-0.2, 0) is 4.79 Å². The predicted molar refractivity (Wildman–Crippen MR) is 61.2 cm³/mol. The molecule has 0 amide bonds. The molecular weight excluding hydrogens is 222 g/mol. The number of aromatic nitrogens is 2. The maximum atomic E-state index is 10.6. The van der Waals surface area contributed by atoms with Crippen LogP contribution in [0.4, 0.5) is 5.82 Å². The first-order valence-electron chi connectivity index (χ1n) is 5.52. The summed E-state index contributed by atoms with van der Waals surface area (Å²) < 4.78 is 5.01. The topological polar surface area (TPSA) is 75.5 Å². The van der Waals surface area contributed by atoms with Gasteiger partial charge in [0.2, 0.25) is 5.88 Å². The molecule has 6 heteroatoms. The Balaban J connectivity index is 2.01. The molecule has 1 N–H and O–H groups in total. The summed E-state index contributed by atoms with van der Waals surface area (Å²) in [5.41, 5.74) is 0. The minimum atomic E-state index is -0.742. The van der Waals surface area contributed by atoms with Crippen molar-refractivity contribution in [2.75, 3.05) is 25.1 Å². The standard InChI is InChI=1S/C11H15N3O3/c1-17-10-6-12-5-9(13-10)14-3-2-8(7-14)4-11(15)16/h5-6,8H,2-4,7H2,1H3,(H,15,16). The van der Waals surface area contributed by atoms with E-state index < -0.39 is 5.97 Å². The molecule has 0 radical (unpaired) electrons. The van der Waals surface area contributed by atoms with E-state index in [1.165, 1.54) is 0 Å². The summed E-state index contributed by atoms with van der Waals surface area (Å²) >= 11 is 0. The summed E-state index contributed by atoms with van der Waals surface area (Å²) in [6.45, 7) is 1.54. The van der Waals surface area contributed by atoms with Crippen LogP contribution in [-0.4, -0.2) is 41.2 Å². The van der Waals surface area contributed by atoms with Crippen molar-refractivity contribution in [2.24, 2.45) is 5.92 Å². The fourth-order valence-corrected chi connectivity index (χ4v) is 2.04. The number of nitrogens with zero attached hydrogens (tertiary/aromatic N) is 3. The third-order valence-corrected chi connectivity index (χ3v) is 2.88. The molecular formula is C11H15N3O3. The quantitative estimate of drug-likeness (QED) is 0.834. The zero-order chi connectivity index (χ0) is 12.3. The van der Waals surface area contributed by atoms with E-state index in [4.69, 9.17) is 9.84 Å². The molecule has 0 spiro atoms. The second kappa shape index (κ2) is 4.99. The Morgan fingerprint density at radius 1 is 1.65 bits per heavy atom. The maximum Gasteiger partial charge on any atom is 0.303 e. The second-order valence-corrected chi connectivity index (χ2v) is 4.12. The van der Waals surface area contributed by atoms with Crippen LogP contribution in [0, 0.1) is 5.92 Å². The molecule has 1 saturated heterocycles. The summed E-state index contributed by atoms with van der Waals surface area (Å²) in [5, 5.41) is 8.75. The SMILES string of the molecule is COc1cncc(N2CCC(CC(=O)O)C2)n1. The molecule has 0 saturated carbocycles. The van der Waals surface area contributed by atoms with Crippen molar-refractivity contribution in [1.82, 2.24) is 9.97 Å². The van der Waals surface area contributed by atoms with Gasteiger partial charge in [-0.15, -0.1) is 0 Å². The van der Waals surface area contributed by atoms with E-state index in [9.17, 15) is 4.79 Å². The minimum Gasteiger partial charge on any atom is -0.481 e. The van der Waals surface area contributed by atoms with Crippen molar-refractivity contribution >= 4 is 11.8 Å². The molecule has 1 aromatic rings. The molecule has 1 fully saturated rings. The highest BCUT2D eigenvalue weighted by Gasteiger charge is 2.25. The lowest BCUT2D eigenvalue weighted by molar-refractivity contribution is -0.137. The van der Waals surface area contributed by atoms with E-state index in [1.54, 1.807) is 19.5 Å². The summed E-state index contributed by atoms with van der Waals surface area (Å²) in [4.78, 5) is 21.0. The number of carboxylic acids is 1. The van der Waals surface area contributed by atoms with Crippen molar-refractivity contribution in [3.63, 3.8) is 0 Å². The summed E-state index contributed by atoms with van der Waals surface area (Å²) in [6.07, 6.45) is 4.32. The number of carbonyl (C=O) groups is 1. The smallest absolute Gasteiger partial charge is 0.303 e. The minimum absolute atomic E-state index is 0.195. The molecule has 0 aliphatic carbocycles. The van der Waals surface area contributed by atoms with Gasteiger partial charge in [0.05, 0.1) is 19.5 Å². The normalized spacial score (nSPS) is 19.4. The van der Waals surface area contributed by atoms with Gasteiger partial charge in [-0.2, -0.15) is 4.98 Å². The average Bonchev–Trinajstić information content (AvgIpc) is 2.77. The Kier molecular flexibility index (Phi) is 3.41. The molecule has 6 nitrogen and oxygen atoms in total. The molecule has 1 aliphatic heterocycles. The van der Waals surface area contributed by atoms with Gasteiger partial charge in [-0.3, -0.25) is 9.78 Å². The number of anilines is 1. The maximum absolute atomic E-state index is 10.6. The van der Waals surface area contributed by atoms with E-state index in [-0.39, 0.29) is 12.3 Å². The van der Waals surface area contributed by atoms with Gasteiger partial charge in [-0.1, -0.05) is 0 Å². The van der Waals surface area contributed by atoms with Crippen LogP contribution in [0.1, 0.15) is 12.8 Å². The van der Waals surface area contributed by atoms with Crippen LogP contribution in [0.15, 0.2) is 12.4 Å². The molecule has 92 valence electrons. The van der Waals surface area contributed by atoms with Gasteiger partial charge < -0.3 is 14.7 Å². The number of methoxy groups -OCH3 is 1. The number of hydrogen-bond acceptors (Lipinski definition) is 5. The molecule has 2 rings (SSSR count). The van der Waals surface area contributed by atoms with Crippen molar-refractivity contribution in [1.29, 1.82) is 0 Å². The van der Waals surface area contributed by atoms with Crippen molar-refractivity contribution < 1.29 is 14.6 Å². The summed E-state index contributed by atoms with van der Waals surface area (Å²) in [5.74, 6) is 0.676. The molecule has 2 heterocycles. The molecule has 1 atom stereocenters. The third-order valence-electron chi connectivity index (χ3n) is 2.88. The highest BCUT2D eigenvalue weighted by Crippen LogP contribution is 2.24. The molecule has 17 heavy (non-hydrogen) atoms. The van der Waals surface area contributed by atoms with Crippen LogP contribution >= 0.6 is 0 Å². The fraction of sp³-hybridized carbons (Fsp3) is 0.545. The van der Waals surface area contributed by atoms with Gasteiger partial charge in [-0.05, 0) is 12.3 Å². The van der Waals surface area contributed by atoms with Crippen LogP contribution in [0.5, 0.6) is 5.88 Å². The Labute approximate surface area is 99.2 Å². The highest BCUT2D eigenvalue weighted by molar-refractivity contribution is 5.67. The summed E-state index contributed by atoms with van der Waals surface area (Å²) in [6, 6.07) is 0. The van der Waals surface area contributed by atoms with Crippen molar-refractivity contribution in [3.8, 4) is 5.88 Å².